The van der Waals surface area contributed by atoms with Gasteiger partial charge in [-0.15, -0.1) is 11.8 Å². The molecular weight excluding hydrogens is 344 g/mol. The summed E-state index contributed by atoms with van der Waals surface area (Å²) in [6.45, 7) is 9.34. The van der Waals surface area contributed by atoms with Crippen LogP contribution in [0.25, 0.3) is 0 Å². The number of aromatic nitrogens is 1. The van der Waals surface area contributed by atoms with Gasteiger partial charge in [-0.2, -0.15) is 0 Å². The molecule has 1 aromatic rings. The molecule has 0 fully saturated rings. The van der Waals surface area contributed by atoms with E-state index in [-0.39, 0.29) is 11.9 Å². The predicted octanol–water partition coefficient (Wildman–Crippen LogP) is 3.88. The van der Waals surface area contributed by atoms with Gasteiger partial charge < -0.3 is 10.4 Å². The average Bonchev–Trinajstić information content (AvgIpc) is 2.60. The minimum Gasteiger partial charge on any atom is -0.388 e. The van der Waals surface area contributed by atoms with Crippen LogP contribution in [-0.2, 0) is 0 Å². The van der Waals surface area contributed by atoms with E-state index in [2.05, 4.69) is 47.5 Å². The normalized spacial score (nSPS) is 18.2. The second-order valence-electron chi connectivity index (χ2n) is 7.01. The Morgan fingerprint density at radius 2 is 2.15 bits per heavy atom. The van der Waals surface area contributed by atoms with Crippen LogP contribution < -0.4 is 5.32 Å². The van der Waals surface area contributed by atoms with Crippen molar-refractivity contribution in [1.29, 1.82) is 0 Å². The number of carbonyl (C=O) groups excluding carboxylic acids is 1. The summed E-state index contributed by atoms with van der Waals surface area (Å²) >= 11 is 1.70. The second kappa shape index (κ2) is 8.57. The van der Waals surface area contributed by atoms with E-state index in [4.69, 9.17) is 0 Å². The lowest BCUT2D eigenvalue weighted by Crippen LogP contribution is -2.47. The number of amides is 1. The van der Waals surface area contributed by atoms with Crippen molar-refractivity contribution in [2.75, 3.05) is 0 Å². The fourth-order valence-electron chi connectivity index (χ4n) is 2.31. The lowest BCUT2D eigenvalue weighted by Gasteiger charge is -2.26. The molecule has 0 saturated heterocycles. The van der Waals surface area contributed by atoms with Crippen LogP contribution in [-0.4, -0.2) is 27.6 Å². The molecule has 2 rings (SSSR count). The van der Waals surface area contributed by atoms with Gasteiger partial charge in [0, 0.05) is 23.3 Å². The molecule has 4 nitrogen and oxygen atoms in total. The first-order valence-electron chi connectivity index (χ1n) is 8.77. The predicted molar refractivity (Wildman–Crippen MR) is 108 cm³/mol. The number of hydrogen-bond acceptors (Lipinski definition) is 4. The molecular formula is C21H26N2O2S. The maximum Gasteiger partial charge on any atom is 0.270 e. The summed E-state index contributed by atoms with van der Waals surface area (Å²) in [6, 6.07) is 3.07. The monoisotopic (exact) mass is 370 g/mol. The van der Waals surface area contributed by atoms with Crippen LogP contribution in [0.4, 0.5) is 0 Å². The van der Waals surface area contributed by atoms with E-state index in [1.807, 2.05) is 0 Å². The van der Waals surface area contributed by atoms with Gasteiger partial charge in [0.05, 0.1) is 11.6 Å². The smallest absolute Gasteiger partial charge is 0.270 e. The molecule has 2 heterocycles. The molecule has 0 radical (unpaired) electrons. The van der Waals surface area contributed by atoms with Crippen molar-refractivity contribution < 1.29 is 9.90 Å². The molecule has 0 aromatic carbocycles. The molecule has 2 unspecified atom stereocenters. The number of nitrogens with zero attached hydrogens (tertiary/aromatic N) is 1. The van der Waals surface area contributed by atoms with Gasteiger partial charge in [-0.05, 0) is 56.6 Å². The van der Waals surface area contributed by atoms with E-state index in [0.717, 1.165) is 17.6 Å². The molecule has 5 heteroatoms. The van der Waals surface area contributed by atoms with E-state index in [1.54, 1.807) is 50.9 Å². The topological polar surface area (TPSA) is 62.2 Å². The molecule has 0 aliphatic carbocycles. The van der Waals surface area contributed by atoms with Crippen LogP contribution in [0.1, 0.15) is 57.1 Å². The number of aliphatic hydroxyl groups is 1. The fraction of sp³-hybridized carbons (Fsp3) is 0.429. The Morgan fingerprint density at radius 1 is 1.42 bits per heavy atom. The van der Waals surface area contributed by atoms with Crippen LogP contribution >= 0.6 is 11.8 Å². The molecule has 1 amide bonds. The van der Waals surface area contributed by atoms with Gasteiger partial charge in [-0.25, -0.2) is 4.98 Å². The minimum absolute atomic E-state index is 0.308. The quantitative estimate of drug-likeness (QED) is 0.790. The number of rotatable bonds is 4. The van der Waals surface area contributed by atoms with Gasteiger partial charge in [0.1, 0.15) is 5.69 Å². The third-order valence-electron chi connectivity index (χ3n) is 4.40. The molecule has 2 N–H and O–H groups in total. The summed E-state index contributed by atoms with van der Waals surface area (Å²) in [7, 11) is 0. The van der Waals surface area contributed by atoms with E-state index < -0.39 is 5.60 Å². The van der Waals surface area contributed by atoms with Crippen LogP contribution in [0.3, 0.4) is 0 Å². The van der Waals surface area contributed by atoms with Crippen LogP contribution in [0.15, 0.2) is 40.3 Å². The summed E-state index contributed by atoms with van der Waals surface area (Å²) in [5, 5.41) is 14.8. The van der Waals surface area contributed by atoms with E-state index in [9.17, 15) is 9.90 Å². The largest absolute Gasteiger partial charge is 0.388 e. The number of hydrogen-bond donors (Lipinski definition) is 2. The standard InChI is InChI=1S/C21H26N2O2S/c1-6-17-11-14(2)26-13-18(17)9-7-16-8-10-19(22-12-16)20(24)23-15(3)21(4,5)25/h8,10-13,15,17,25H,6H2,1-5H3,(H,23,24). The molecule has 26 heavy (non-hydrogen) atoms. The van der Waals surface area contributed by atoms with Gasteiger partial charge in [-0.3, -0.25) is 4.79 Å². The Bertz CT molecular complexity index is 777. The van der Waals surface area contributed by atoms with E-state index >= 15 is 0 Å². The van der Waals surface area contributed by atoms with Crippen molar-refractivity contribution in [1.82, 2.24) is 10.3 Å². The van der Waals surface area contributed by atoms with Gasteiger partial charge in [0.25, 0.3) is 5.91 Å². The molecule has 0 saturated carbocycles. The van der Waals surface area contributed by atoms with Gasteiger partial charge in [0.15, 0.2) is 0 Å². The van der Waals surface area contributed by atoms with Gasteiger partial charge in [-0.1, -0.05) is 24.8 Å². The van der Waals surface area contributed by atoms with Crippen LogP contribution in [0.2, 0.25) is 0 Å². The molecule has 0 spiro atoms. The number of allylic oxidation sites excluding steroid dienone is 3. The first-order valence-corrected chi connectivity index (χ1v) is 9.65. The number of carbonyl (C=O) groups is 1. The maximum atomic E-state index is 12.2. The van der Waals surface area contributed by atoms with E-state index in [0.29, 0.717) is 11.6 Å². The number of nitrogens with one attached hydrogen (secondary N) is 1. The number of thioether (sulfide) groups is 1. The lowest BCUT2D eigenvalue weighted by molar-refractivity contribution is 0.0407. The fourth-order valence-corrected chi connectivity index (χ4v) is 3.10. The zero-order chi connectivity index (χ0) is 19.3. The number of pyridine rings is 1. The highest BCUT2D eigenvalue weighted by Crippen LogP contribution is 2.31. The highest BCUT2D eigenvalue weighted by atomic mass is 32.2. The Morgan fingerprint density at radius 3 is 2.73 bits per heavy atom. The Hall–Kier alpha value is -2.03. The molecule has 1 aliphatic heterocycles. The third-order valence-corrected chi connectivity index (χ3v) is 5.28. The minimum atomic E-state index is -0.991. The molecule has 2 atom stereocenters. The third kappa shape index (κ3) is 5.48. The van der Waals surface area contributed by atoms with E-state index in [1.165, 1.54) is 4.91 Å². The summed E-state index contributed by atoms with van der Waals surface area (Å²) in [6.07, 6.45) is 4.88. The van der Waals surface area contributed by atoms with Gasteiger partial charge >= 0.3 is 0 Å². The summed E-state index contributed by atoms with van der Waals surface area (Å²) in [4.78, 5) is 17.7. The van der Waals surface area contributed by atoms with Crippen molar-refractivity contribution in [3.8, 4) is 11.8 Å². The SMILES string of the molecule is CCC1C=C(C)SC=C1C#Cc1ccc(C(=O)NC(C)C(C)(C)O)nc1. The van der Waals surface area contributed by atoms with Crippen LogP contribution in [0, 0.1) is 17.8 Å². The Kier molecular flexibility index (Phi) is 6.69. The van der Waals surface area contributed by atoms with Gasteiger partial charge in [0.2, 0.25) is 0 Å². The first kappa shape index (κ1) is 20.3. The molecule has 138 valence electrons. The van der Waals surface area contributed by atoms with Crippen molar-refractivity contribution in [3.63, 3.8) is 0 Å². The second-order valence-corrected chi connectivity index (χ2v) is 8.13. The first-order chi connectivity index (χ1) is 12.2. The summed E-state index contributed by atoms with van der Waals surface area (Å²) in [5.41, 5.74) is 1.20. The van der Waals surface area contributed by atoms with Crippen molar-refractivity contribution in [2.45, 2.75) is 52.7 Å². The van der Waals surface area contributed by atoms with Crippen LogP contribution in [0.5, 0.6) is 0 Å². The average molecular weight is 371 g/mol. The summed E-state index contributed by atoms with van der Waals surface area (Å²) < 4.78 is 0. The highest BCUT2D eigenvalue weighted by molar-refractivity contribution is 8.05. The highest BCUT2D eigenvalue weighted by Gasteiger charge is 2.24. The molecule has 1 aliphatic rings. The molecule has 1 aromatic heterocycles. The van der Waals surface area contributed by atoms with Crippen molar-refractivity contribution in [3.05, 3.63) is 51.5 Å². The Labute approximate surface area is 160 Å². The van der Waals surface area contributed by atoms with Crippen molar-refractivity contribution >= 4 is 17.7 Å². The maximum absolute atomic E-state index is 12.2. The Balaban J connectivity index is 2.06. The molecule has 0 bridgehead atoms. The zero-order valence-electron chi connectivity index (χ0n) is 16.0. The lowest BCUT2D eigenvalue weighted by atomic mass is 9.97. The summed E-state index contributed by atoms with van der Waals surface area (Å²) in [5.74, 6) is 6.42. The van der Waals surface area contributed by atoms with Crippen molar-refractivity contribution in [2.24, 2.45) is 5.92 Å². The zero-order valence-corrected chi connectivity index (χ0v) is 16.8.